The van der Waals surface area contributed by atoms with Crippen molar-refractivity contribution in [3.63, 3.8) is 0 Å². The molecule has 1 atom stereocenters. The topological polar surface area (TPSA) is 29.3 Å². The van der Waals surface area contributed by atoms with Crippen molar-refractivity contribution in [2.75, 3.05) is 13.6 Å². The summed E-state index contributed by atoms with van der Waals surface area (Å²) in [6.45, 7) is 2.99. The fourth-order valence-corrected chi connectivity index (χ4v) is 2.28. The molecule has 88 valence electrons. The molecule has 0 spiro atoms. The summed E-state index contributed by atoms with van der Waals surface area (Å²) in [5.41, 5.74) is 7.46. The van der Waals surface area contributed by atoms with Gasteiger partial charge >= 0.3 is 0 Å². The fourth-order valence-electron chi connectivity index (χ4n) is 2.28. The van der Waals surface area contributed by atoms with Gasteiger partial charge in [0.05, 0.1) is 0 Å². The van der Waals surface area contributed by atoms with Gasteiger partial charge in [-0.15, -0.1) is 0 Å². The number of rotatable bonds is 5. The zero-order valence-corrected chi connectivity index (χ0v) is 10.3. The highest BCUT2D eigenvalue weighted by Crippen LogP contribution is 2.32. The molecule has 1 saturated carbocycles. The van der Waals surface area contributed by atoms with Crippen LogP contribution in [-0.2, 0) is 6.42 Å². The average Bonchev–Trinajstić information content (AvgIpc) is 3.13. The summed E-state index contributed by atoms with van der Waals surface area (Å²) in [6.07, 6.45) is 3.71. The largest absolute Gasteiger partial charge is 0.329 e. The Hall–Kier alpha value is -0.860. The molecule has 0 bridgehead atoms. The Morgan fingerprint density at radius 3 is 2.44 bits per heavy atom. The van der Waals surface area contributed by atoms with Crippen molar-refractivity contribution in [2.24, 2.45) is 5.73 Å². The Bertz CT molecular complexity index is 332. The van der Waals surface area contributed by atoms with Gasteiger partial charge in [-0.05, 0) is 38.8 Å². The van der Waals surface area contributed by atoms with Gasteiger partial charge in [-0.3, -0.25) is 4.90 Å². The molecule has 0 saturated heterocycles. The van der Waals surface area contributed by atoms with Crippen molar-refractivity contribution >= 4 is 0 Å². The Labute approximate surface area is 98.4 Å². The molecule has 1 aromatic rings. The molecule has 1 aromatic carbocycles. The van der Waals surface area contributed by atoms with Crippen LogP contribution in [0.5, 0.6) is 0 Å². The van der Waals surface area contributed by atoms with Gasteiger partial charge in [-0.25, -0.2) is 0 Å². The average molecular weight is 218 g/mol. The number of hydrogen-bond donors (Lipinski definition) is 1. The summed E-state index contributed by atoms with van der Waals surface area (Å²) >= 11 is 0. The first-order valence-corrected chi connectivity index (χ1v) is 6.13. The number of nitrogens with zero attached hydrogens (tertiary/aromatic N) is 1. The number of likely N-dealkylation sites (N-methyl/N-ethyl adjacent to an activating group) is 1. The van der Waals surface area contributed by atoms with E-state index in [1.165, 1.54) is 18.4 Å². The molecule has 16 heavy (non-hydrogen) atoms. The van der Waals surface area contributed by atoms with E-state index in [9.17, 15) is 0 Å². The van der Waals surface area contributed by atoms with E-state index in [4.69, 9.17) is 5.73 Å². The Balaban J connectivity index is 2.09. The Morgan fingerprint density at radius 2 is 1.94 bits per heavy atom. The fraction of sp³-hybridized carbons (Fsp3) is 0.571. The van der Waals surface area contributed by atoms with Crippen molar-refractivity contribution in [1.29, 1.82) is 0 Å². The lowest BCUT2D eigenvalue weighted by Crippen LogP contribution is -2.52. The van der Waals surface area contributed by atoms with Gasteiger partial charge in [0.25, 0.3) is 0 Å². The minimum absolute atomic E-state index is 0.0997. The maximum absolute atomic E-state index is 5.98. The highest BCUT2D eigenvalue weighted by Gasteiger charge is 2.37. The van der Waals surface area contributed by atoms with E-state index in [0.717, 1.165) is 19.0 Å². The van der Waals surface area contributed by atoms with Crippen LogP contribution in [-0.4, -0.2) is 30.1 Å². The third kappa shape index (κ3) is 2.45. The Kier molecular flexibility index (Phi) is 3.31. The first-order valence-electron chi connectivity index (χ1n) is 6.13. The van der Waals surface area contributed by atoms with Gasteiger partial charge in [0.1, 0.15) is 0 Å². The molecule has 1 fully saturated rings. The van der Waals surface area contributed by atoms with E-state index < -0.39 is 0 Å². The zero-order chi connectivity index (χ0) is 11.6. The minimum Gasteiger partial charge on any atom is -0.329 e. The predicted octanol–water partition coefficient (Wildman–Crippen LogP) is 2.04. The van der Waals surface area contributed by atoms with Crippen molar-refractivity contribution < 1.29 is 0 Å². The number of benzene rings is 1. The van der Waals surface area contributed by atoms with E-state index in [2.05, 4.69) is 49.2 Å². The lowest BCUT2D eigenvalue weighted by Gasteiger charge is -2.38. The van der Waals surface area contributed by atoms with Crippen LogP contribution in [0, 0.1) is 0 Å². The van der Waals surface area contributed by atoms with Gasteiger partial charge in [0.15, 0.2) is 0 Å². The third-order valence-corrected chi connectivity index (χ3v) is 3.81. The van der Waals surface area contributed by atoms with E-state index in [-0.39, 0.29) is 5.54 Å². The van der Waals surface area contributed by atoms with Gasteiger partial charge in [-0.2, -0.15) is 0 Å². The lowest BCUT2D eigenvalue weighted by molar-refractivity contribution is 0.135. The van der Waals surface area contributed by atoms with Crippen LogP contribution in [0.1, 0.15) is 25.3 Å². The SMILES string of the molecule is CN(C1CC1)C(C)(CN)Cc1ccccc1. The van der Waals surface area contributed by atoms with Crippen LogP contribution >= 0.6 is 0 Å². The minimum atomic E-state index is 0.0997. The molecule has 2 rings (SSSR count). The summed E-state index contributed by atoms with van der Waals surface area (Å²) in [6, 6.07) is 11.4. The molecule has 0 radical (unpaired) electrons. The van der Waals surface area contributed by atoms with Crippen LogP contribution in [0.15, 0.2) is 30.3 Å². The molecule has 1 unspecified atom stereocenters. The van der Waals surface area contributed by atoms with E-state index in [0.29, 0.717) is 0 Å². The van der Waals surface area contributed by atoms with Crippen molar-refractivity contribution in [3.8, 4) is 0 Å². The molecular weight excluding hydrogens is 196 g/mol. The second kappa shape index (κ2) is 4.56. The number of nitrogens with two attached hydrogens (primary N) is 1. The molecular formula is C14H22N2. The molecule has 1 aliphatic carbocycles. The highest BCUT2D eigenvalue weighted by molar-refractivity contribution is 5.18. The number of hydrogen-bond acceptors (Lipinski definition) is 2. The summed E-state index contributed by atoms with van der Waals surface area (Å²) in [5.74, 6) is 0. The summed E-state index contributed by atoms with van der Waals surface area (Å²) in [5, 5.41) is 0. The summed E-state index contributed by atoms with van der Waals surface area (Å²) < 4.78 is 0. The van der Waals surface area contributed by atoms with Crippen LogP contribution in [0.3, 0.4) is 0 Å². The molecule has 2 N–H and O–H groups in total. The van der Waals surface area contributed by atoms with Gasteiger partial charge in [0, 0.05) is 18.1 Å². The molecule has 2 heteroatoms. The van der Waals surface area contributed by atoms with Crippen molar-refractivity contribution in [2.45, 2.75) is 37.8 Å². The molecule has 0 aliphatic heterocycles. The van der Waals surface area contributed by atoms with Crippen molar-refractivity contribution in [3.05, 3.63) is 35.9 Å². The highest BCUT2D eigenvalue weighted by atomic mass is 15.2. The smallest absolute Gasteiger partial charge is 0.0343 e. The summed E-state index contributed by atoms with van der Waals surface area (Å²) in [4.78, 5) is 2.47. The van der Waals surface area contributed by atoms with Crippen LogP contribution in [0.25, 0.3) is 0 Å². The van der Waals surface area contributed by atoms with Crippen LogP contribution in [0.4, 0.5) is 0 Å². The first-order chi connectivity index (χ1) is 7.65. The predicted molar refractivity (Wildman–Crippen MR) is 68.4 cm³/mol. The van der Waals surface area contributed by atoms with E-state index in [1.807, 2.05) is 0 Å². The van der Waals surface area contributed by atoms with Gasteiger partial charge in [-0.1, -0.05) is 30.3 Å². The van der Waals surface area contributed by atoms with Gasteiger partial charge in [0.2, 0.25) is 0 Å². The molecule has 1 aliphatic rings. The second-order valence-corrected chi connectivity index (χ2v) is 5.21. The molecule has 0 aromatic heterocycles. The summed E-state index contributed by atoms with van der Waals surface area (Å²) in [7, 11) is 2.22. The zero-order valence-electron chi connectivity index (χ0n) is 10.3. The van der Waals surface area contributed by atoms with Crippen LogP contribution < -0.4 is 5.73 Å². The molecule has 2 nitrogen and oxygen atoms in total. The third-order valence-electron chi connectivity index (χ3n) is 3.81. The van der Waals surface area contributed by atoms with E-state index >= 15 is 0 Å². The van der Waals surface area contributed by atoms with E-state index in [1.54, 1.807) is 0 Å². The Morgan fingerprint density at radius 1 is 1.31 bits per heavy atom. The second-order valence-electron chi connectivity index (χ2n) is 5.21. The van der Waals surface area contributed by atoms with Gasteiger partial charge < -0.3 is 5.73 Å². The lowest BCUT2D eigenvalue weighted by atomic mass is 9.91. The maximum Gasteiger partial charge on any atom is 0.0343 e. The first kappa shape index (κ1) is 11.6. The standard InChI is InChI=1S/C14H22N2/c1-14(11-15,16(2)13-8-9-13)10-12-6-4-3-5-7-12/h3-7,13H,8-11,15H2,1-2H3. The van der Waals surface area contributed by atoms with Crippen LogP contribution in [0.2, 0.25) is 0 Å². The van der Waals surface area contributed by atoms with Crippen molar-refractivity contribution in [1.82, 2.24) is 4.90 Å². The maximum atomic E-state index is 5.98. The monoisotopic (exact) mass is 218 g/mol. The normalized spacial score (nSPS) is 19.8. The quantitative estimate of drug-likeness (QED) is 0.819. The molecule has 0 amide bonds. The molecule has 0 heterocycles.